The van der Waals surface area contributed by atoms with Crippen LogP contribution in [0.2, 0.25) is 0 Å². The van der Waals surface area contributed by atoms with Gasteiger partial charge in [-0.25, -0.2) is 0 Å². The largest absolute Gasteiger partial charge is 0.496 e. The Morgan fingerprint density at radius 3 is 2.81 bits per heavy atom. The first-order chi connectivity index (χ1) is 12.4. The summed E-state index contributed by atoms with van der Waals surface area (Å²) >= 11 is 0. The summed E-state index contributed by atoms with van der Waals surface area (Å²) in [5, 5.41) is 6.69. The zero-order valence-corrected chi connectivity index (χ0v) is 14.2. The summed E-state index contributed by atoms with van der Waals surface area (Å²) in [5.41, 5.74) is -0.154. The minimum absolute atomic E-state index is 0.248. The van der Waals surface area contributed by atoms with Crippen molar-refractivity contribution in [2.75, 3.05) is 26.7 Å². The second-order valence-electron chi connectivity index (χ2n) is 5.95. The molecule has 26 heavy (non-hydrogen) atoms. The molecule has 9 heteroatoms. The standard InChI is InChI=1S/C17H19F3N4O2/c1-26-14-5-3-2-4-12(14)13-10-21-7-9-24(13)16(25)11-23-8-6-15(22-23)17(18,19)20/h2-6,8,13,21H,7,9-11H2,1H3. The van der Waals surface area contributed by atoms with Crippen LogP contribution < -0.4 is 10.1 Å². The minimum atomic E-state index is -4.52. The number of alkyl halides is 3. The van der Waals surface area contributed by atoms with Crippen molar-refractivity contribution in [2.24, 2.45) is 0 Å². The van der Waals surface area contributed by atoms with Gasteiger partial charge in [0.2, 0.25) is 5.91 Å². The van der Waals surface area contributed by atoms with E-state index in [1.54, 1.807) is 12.0 Å². The number of amides is 1. The Bertz CT molecular complexity index is 775. The number of rotatable bonds is 4. The van der Waals surface area contributed by atoms with Gasteiger partial charge in [-0.05, 0) is 12.1 Å². The van der Waals surface area contributed by atoms with E-state index in [2.05, 4.69) is 10.4 Å². The number of para-hydroxylation sites is 1. The fraction of sp³-hybridized carbons (Fsp3) is 0.412. The number of benzene rings is 1. The highest BCUT2D eigenvalue weighted by molar-refractivity contribution is 5.76. The van der Waals surface area contributed by atoms with Crippen molar-refractivity contribution in [3.63, 3.8) is 0 Å². The van der Waals surface area contributed by atoms with Gasteiger partial charge in [-0.15, -0.1) is 0 Å². The van der Waals surface area contributed by atoms with Gasteiger partial charge in [0.15, 0.2) is 5.69 Å². The first-order valence-corrected chi connectivity index (χ1v) is 8.14. The summed E-state index contributed by atoms with van der Waals surface area (Å²) in [5.74, 6) is 0.372. The number of methoxy groups -OCH3 is 1. The zero-order valence-electron chi connectivity index (χ0n) is 14.2. The molecule has 140 valence electrons. The van der Waals surface area contributed by atoms with Gasteiger partial charge in [-0.2, -0.15) is 18.3 Å². The van der Waals surface area contributed by atoms with Crippen LogP contribution in [0.25, 0.3) is 0 Å². The van der Waals surface area contributed by atoms with Gasteiger partial charge in [0, 0.05) is 31.4 Å². The molecule has 0 radical (unpaired) electrons. The summed E-state index contributed by atoms with van der Waals surface area (Å²) in [6.07, 6.45) is -3.36. The lowest BCUT2D eigenvalue weighted by atomic mass is 10.0. The average Bonchev–Trinajstić information content (AvgIpc) is 3.10. The number of halogens is 3. The quantitative estimate of drug-likeness (QED) is 0.898. The molecule has 1 atom stereocenters. The molecule has 2 heterocycles. The highest BCUT2D eigenvalue weighted by atomic mass is 19.4. The van der Waals surface area contributed by atoms with Crippen molar-refractivity contribution >= 4 is 5.91 Å². The Labute approximate surface area is 148 Å². The molecule has 1 unspecified atom stereocenters. The zero-order chi connectivity index (χ0) is 18.7. The fourth-order valence-electron chi connectivity index (χ4n) is 3.05. The van der Waals surface area contributed by atoms with E-state index in [-0.39, 0.29) is 18.5 Å². The van der Waals surface area contributed by atoms with Crippen LogP contribution in [-0.4, -0.2) is 47.3 Å². The Balaban J connectivity index is 1.79. The molecule has 3 rings (SSSR count). The monoisotopic (exact) mass is 368 g/mol. The van der Waals surface area contributed by atoms with E-state index in [9.17, 15) is 18.0 Å². The van der Waals surface area contributed by atoms with Crippen molar-refractivity contribution in [1.82, 2.24) is 20.0 Å². The Morgan fingerprint density at radius 1 is 1.35 bits per heavy atom. The maximum Gasteiger partial charge on any atom is 0.435 e. The molecule has 0 saturated carbocycles. The van der Waals surface area contributed by atoms with Gasteiger partial charge in [0.1, 0.15) is 12.3 Å². The number of nitrogens with one attached hydrogen (secondary N) is 1. The van der Waals surface area contributed by atoms with Crippen LogP contribution in [0.4, 0.5) is 13.2 Å². The highest BCUT2D eigenvalue weighted by Crippen LogP contribution is 2.30. The second-order valence-corrected chi connectivity index (χ2v) is 5.95. The molecule has 1 amide bonds. The Hall–Kier alpha value is -2.55. The van der Waals surface area contributed by atoms with Crippen LogP contribution >= 0.6 is 0 Å². The molecule has 2 aromatic rings. The van der Waals surface area contributed by atoms with Crippen molar-refractivity contribution in [3.05, 3.63) is 47.8 Å². The van der Waals surface area contributed by atoms with Gasteiger partial charge in [0.25, 0.3) is 0 Å². The van der Waals surface area contributed by atoms with Crippen molar-refractivity contribution in [2.45, 2.75) is 18.8 Å². The van der Waals surface area contributed by atoms with Crippen LogP contribution in [0, 0.1) is 0 Å². The van der Waals surface area contributed by atoms with Crippen LogP contribution in [-0.2, 0) is 17.5 Å². The van der Waals surface area contributed by atoms with E-state index in [0.717, 1.165) is 16.3 Å². The van der Waals surface area contributed by atoms with E-state index in [4.69, 9.17) is 4.74 Å². The van der Waals surface area contributed by atoms with Gasteiger partial charge in [0.05, 0.1) is 13.2 Å². The number of piperazine rings is 1. The minimum Gasteiger partial charge on any atom is -0.496 e. The van der Waals surface area contributed by atoms with E-state index < -0.39 is 11.9 Å². The first-order valence-electron chi connectivity index (χ1n) is 8.14. The number of hydrogen-bond donors (Lipinski definition) is 1. The van der Waals surface area contributed by atoms with E-state index in [1.165, 1.54) is 6.20 Å². The fourth-order valence-corrected chi connectivity index (χ4v) is 3.05. The maximum absolute atomic E-state index is 12.7. The lowest BCUT2D eigenvalue weighted by molar-refractivity contribution is -0.142. The number of carbonyl (C=O) groups is 1. The molecule has 1 aromatic carbocycles. The summed E-state index contributed by atoms with van der Waals surface area (Å²) < 4.78 is 44.4. The molecule has 1 N–H and O–H groups in total. The van der Waals surface area contributed by atoms with Crippen LogP contribution in [0.5, 0.6) is 5.75 Å². The third-order valence-corrected chi connectivity index (χ3v) is 4.29. The van der Waals surface area contributed by atoms with Gasteiger partial charge in [-0.1, -0.05) is 18.2 Å². The lowest BCUT2D eigenvalue weighted by Crippen LogP contribution is -2.49. The summed E-state index contributed by atoms with van der Waals surface area (Å²) in [6.45, 7) is 1.36. The molecular formula is C17H19F3N4O2. The molecule has 1 aliphatic heterocycles. The molecular weight excluding hydrogens is 349 g/mol. The first kappa shape index (κ1) is 18.2. The lowest BCUT2D eigenvalue weighted by Gasteiger charge is -2.37. The van der Waals surface area contributed by atoms with Crippen molar-refractivity contribution in [3.8, 4) is 5.75 Å². The number of aromatic nitrogens is 2. The van der Waals surface area contributed by atoms with Crippen LogP contribution in [0.3, 0.4) is 0 Å². The predicted molar refractivity (Wildman–Crippen MR) is 87.5 cm³/mol. The Kier molecular flexibility index (Phi) is 5.17. The Morgan fingerprint density at radius 2 is 2.12 bits per heavy atom. The topological polar surface area (TPSA) is 59.4 Å². The maximum atomic E-state index is 12.7. The molecule has 1 fully saturated rings. The van der Waals surface area contributed by atoms with Gasteiger partial charge >= 0.3 is 6.18 Å². The number of carbonyl (C=O) groups excluding carboxylic acids is 1. The highest BCUT2D eigenvalue weighted by Gasteiger charge is 2.34. The molecule has 0 aliphatic carbocycles. The summed E-state index contributed by atoms with van der Waals surface area (Å²) in [7, 11) is 1.56. The third kappa shape index (κ3) is 3.82. The molecule has 0 spiro atoms. The van der Waals surface area contributed by atoms with Crippen molar-refractivity contribution in [1.29, 1.82) is 0 Å². The van der Waals surface area contributed by atoms with Gasteiger partial charge < -0.3 is 15.0 Å². The summed E-state index contributed by atoms with van der Waals surface area (Å²) in [6, 6.07) is 8.00. The SMILES string of the molecule is COc1ccccc1C1CNCCN1C(=O)Cn1ccc(C(F)(F)F)n1. The molecule has 1 aromatic heterocycles. The summed E-state index contributed by atoms with van der Waals surface area (Å²) in [4.78, 5) is 14.4. The number of ether oxygens (including phenoxy) is 1. The van der Waals surface area contributed by atoms with E-state index in [0.29, 0.717) is 25.4 Å². The third-order valence-electron chi connectivity index (χ3n) is 4.29. The second kappa shape index (κ2) is 7.36. The predicted octanol–water partition coefficient (Wildman–Crippen LogP) is 2.08. The molecule has 1 saturated heterocycles. The van der Waals surface area contributed by atoms with E-state index >= 15 is 0 Å². The van der Waals surface area contributed by atoms with E-state index in [1.807, 2.05) is 24.3 Å². The van der Waals surface area contributed by atoms with Crippen LogP contribution in [0.15, 0.2) is 36.5 Å². The number of nitrogens with zero attached hydrogens (tertiary/aromatic N) is 3. The molecule has 6 nitrogen and oxygen atoms in total. The van der Waals surface area contributed by atoms with Crippen LogP contribution in [0.1, 0.15) is 17.3 Å². The molecule has 1 aliphatic rings. The smallest absolute Gasteiger partial charge is 0.435 e. The normalized spacial score (nSPS) is 18.0. The number of hydrogen-bond acceptors (Lipinski definition) is 4. The average molecular weight is 368 g/mol. The molecule has 0 bridgehead atoms. The van der Waals surface area contributed by atoms with Crippen molar-refractivity contribution < 1.29 is 22.7 Å². The van der Waals surface area contributed by atoms with Gasteiger partial charge in [-0.3, -0.25) is 9.48 Å².